The van der Waals surface area contributed by atoms with Crippen molar-refractivity contribution in [3.8, 4) is 0 Å². The van der Waals surface area contributed by atoms with E-state index in [-0.39, 0.29) is 11.9 Å². The van der Waals surface area contributed by atoms with Gasteiger partial charge in [-0.3, -0.25) is 4.79 Å². The Balaban J connectivity index is 2.19. The maximum Gasteiger partial charge on any atom is 0.314 e. The minimum Gasteiger partial charge on any atom is -0.351 e. The third-order valence-electron chi connectivity index (χ3n) is 1.60. The molecule has 1 saturated heterocycles. The Bertz CT molecular complexity index is 186. The molecule has 0 atom stereocenters. The number of hydrogen-bond donors (Lipinski definition) is 2. The number of carbonyl (C=O) groups excluding carboxylic acids is 2. The minimum absolute atomic E-state index is 0.0703. The molecule has 1 rings (SSSR count). The van der Waals surface area contributed by atoms with E-state index in [0.29, 0.717) is 13.1 Å². The number of amides is 3. The van der Waals surface area contributed by atoms with Crippen molar-refractivity contribution < 1.29 is 9.59 Å². The fourth-order valence-corrected chi connectivity index (χ4v) is 1.04. The Morgan fingerprint density at radius 3 is 2.45 bits per heavy atom. The molecule has 5 nitrogen and oxygen atoms in total. The third-order valence-corrected chi connectivity index (χ3v) is 1.60. The van der Waals surface area contributed by atoms with Crippen molar-refractivity contribution in [3.05, 3.63) is 0 Å². The number of rotatable bonds is 1. The van der Waals surface area contributed by atoms with Crippen molar-refractivity contribution in [3.63, 3.8) is 0 Å². The molecule has 62 valence electrons. The molecule has 1 aliphatic heterocycles. The van der Waals surface area contributed by atoms with Crippen LogP contribution in [0.2, 0.25) is 0 Å². The van der Waals surface area contributed by atoms with Gasteiger partial charge in [-0.05, 0) is 0 Å². The van der Waals surface area contributed by atoms with E-state index >= 15 is 0 Å². The van der Waals surface area contributed by atoms with Crippen molar-refractivity contribution in [2.24, 2.45) is 5.73 Å². The number of primary amides is 1. The van der Waals surface area contributed by atoms with Crippen LogP contribution in [0.1, 0.15) is 6.92 Å². The summed E-state index contributed by atoms with van der Waals surface area (Å²) in [6.45, 7) is 2.52. The summed E-state index contributed by atoms with van der Waals surface area (Å²) in [5, 5.41) is 2.68. The van der Waals surface area contributed by atoms with E-state index in [1.54, 1.807) is 0 Å². The first kappa shape index (κ1) is 7.84. The van der Waals surface area contributed by atoms with Gasteiger partial charge in [0.15, 0.2) is 0 Å². The first-order valence-corrected chi connectivity index (χ1v) is 3.41. The van der Waals surface area contributed by atoms with Gasteiger partial charge < -0.3 is 16.0 Å². The van der Waals surface area contributed by atoms with Crippen LogP contribution in [0.4, 0.5) is 4.79 Å². The topological polar surface area (TPSA) is 75.4 Å². The van der Waals surface area contributed by atoms with Gasteiger partial charge in [-0.15, -0.1) is 0 Å². The molecule has 0 unspecified atom stereocenters. The third kappa shape index (κ3) is 1.83. The average Bonchev–Trinajstić information content (AvgIpc) is 1.75. The molecular weight excluding hydrogens is 146 g/mol. The van der Waals surface area contributed by atoms with Gasteiger partial charge >= 0.3 is 6.03 Å². The lowest BCUT2D eigenvalue weighted by atomic mass is 10.1. The molecule has 0 radical (unpaired) electrons. The van der Waals surface area contributed by atoms with E-state index in [0.717, 1.165) is 0 Å². The smallest absolute Gasteiger partial charge is 0.314 e. The predicted octanol–water partition coefficient (Wildman–Crippen LogP) is -1.11. The summed E-state index contributed by atoms with van der Waals surface area (Å²) in [5.41, 5.74) is 4.97. The van der Waals surface area contributed by atoms with E-state index in [4.69, 9.17) is 5.73 Å². The largest absolute Gasteiger partial charge is 0.351 e. The van der Waals surface area contributed by atoms with Crippen LogP contribution in [0, 0.1) is 0 Å². The van der Waals surface area contributed by atoms with Gasteiger partial charge in [0.05, 0.1) is 6.04 Å². The molecule has 1 fully saturated rings. The lowest BCUT2D eigenvalue weighted by Crippen LogP contribution is -2.61. The highest BCUT2D eigenvalue weighted by atomic mass is 16.2. The normalized spacial score (nSPS) is 17.4. The van der Waals surface area contributed by atoms with Gasteiger partial charge in [0.25, 0.3) is 0 Å². The Morgan fingerprint density at radius 1 is 1.55 bits per heavy atom. The van der Waals surface area contributed by atoms with Crippen LogP contribution in [0.5, 0.6) is 0 Å². The number of likely N-dealkylation sites (tertiary alicyclic amines) is 1. The van der Waals surface area contributed by atoms with Crippen LogP contribution < -0.4 is 11.1 Å². The fraction of sp³-hybridized carbons (Fsp3) is 0.667. The SMILES string of the molecule is CC(=O)NC1CN(C(N)=O)C1. The summed E-state index contributed by atoms with van der Waals surface area (Å²) < 4.78 is 0. The van der Waals surface area contributed by atoms with E-state index in [1.807, 2.05) is 0 Å². The zero-order valence-electron chi connectivity index (χ0n) is 6.33. The highest BCUT2D eigenvalue weighted by Crippen LogP contribution is 2.05. The van der Waals surface area contributed by atoms with Crippen LogP contribution in [-0.4, -0.2) is 36.0 Å². The van der Waals surface area contributed by atoms with Gasteiger partial charge in [0.2, 0.25) is 5.91 Å². The maximum absolute atomic E-state index is 10.5. The zero-order chi connectivity index (χ0) is 8.43. The van der Waals surface area contributed by atoms with Gasteiger partial charge in [-0.1, -0.05) is 0 Å². The molecule has 3 amide bonds. The molecule has 0 aromatic carbocycles. The quantitative estimate of drug-likeness (QED) is 0.506. The van der Waals surface area contributed by atoms with Crippen molar-refractivity contribution in [1.29, 1.82) is 0 Å². The number of nitrogens with zero attached hydrogens (tertiary/aromatic N) is 1. The lowest BCUT2D eigenvalue weighted by molar-refractivity contribution is -0.120. The van der Waals surface area contributed by atoms with Crippen molar-refractivity contribution in [2.45, 2.75) is 13.0 Å². The molecule has 1 heterocycles. The lowest BCUT2D eigenvalue weighted by Gasteiger charge is -2.37. The highest BCUT2D eigenvalue weighted by molar-refractivity contribution is 5.75. The molecule has 0 aromatic heterocycles. The van der Waals surface area contributed by atoms with Crippen LogP contribution >= 0.6 is 0 Å². The number of nitrogens with one attached hydrogen (secondary N) is 1. The second-order valence-electron chi connectivity index (χ2n) is 2.64. The monoisotopic (exact) mass is 157 g/mol. The van der Waals surface area contributed by atoms with E-state index in [9.17, 15) is 9.59 Å². The molecule has 0 spiro atoms. The summed E-state index contributed by atoms with van der Waals surface area (Å²) in [5.74, 6) is -0.0703. The molecular formula is C6H11N3O2. The van der Waals surface area contributed by atoms with Crippen molar-refractivity contribution >= 4 is 11.9 Å². The zero-order valence-corrected chi connectivity index (χ0v) is 6.33. The average molecular weight is 157 g/mol. The molecule has 0 saturated carbocycles. The highest BCUT2D eigenvalue weighted by Gasteiger charge is 2.29. The Labute approximate surface area is 64.5 Å². The van der Waals surface area contributed by atoms with Gasteiger partial charge in [0, 0.05) is 20.0 Å². The van der Waals surface area contributed by atoms with Crippen molar-refractivity contribution in [1.82, 2.24) is 10.2 Å². The van der Waals surface area contributed by atoms with E-state index in [1.165, 1.54) is 11.8 Å². The van der Waals surface area contributed by atoms with Gasteiger partial charge in [-0.25, -0.2) is 4.79 Å². The van der Waals surface area contributed by atoms with Crippen LogP contribution in [0.3, 0.4) is 0 Å². The molecule has 0 bridgehead atoms. The molecule has 1 aliphatic rings. The summed E-state index contributed by atoms with van der Waals surface area (Å²) in [7, 11) is 0. The molecule has 5 heteroatoms. The number of carbonyl (C=O) groups is 2. The summed E-state index contributed by atoms with van der Waals surface area (Å²) in [6, 6.07) is -0.327. The predicted molar refractivity (Wildman–Crippen MR) is 38.8 cm³/mol. The van der Waals surface area contributed by atoms with Crippen LogP contribution in [0.15, 0.2) is 0 Å². The molecule has 0 aromatic rings. The van der Waals surface area contributed by atoms with E-state index < -0.39 is 6.03 Å². The second-order valence-corrected chi connectivity index (χ2v) is 2.64. The first-order valence-electron chi connectivity index (χ1n) is 3.41. The molecule has 11 heavy (non-hydrogen) atoms. The molecule has 0 aliphatic carbocycles. The number of hydrogen-bond acceptors (Lipinski definition) is 2. The summed E-state index contributed by atoms with van der Waals surface area (Å²) in [6.07, 6.45) is 0. The van der Waals surface area contributed by atoms with E-state index in [2.05, 4.69) is 5.32 Å². The van der Waals surface area contributed by atoms with Crippen molar-refractivity contribution in [2.75, 3.05) is 13.1 Å². The summed E-state index contributed by atoms with van der Waals surface area (Å²) in [4.78, 5) is 22.4. The Hall–Kier alpha value is -1.26. The minimum atomic E-state index is -0.424. The number of urea groups is 1. The Morgan fingerprint density at radius 2 is 2.09 bits per heavy atom. The maximum atomic E-state index is 10.5. The summed E-state index contributed by atoms with van der Waals surface area (Å²) >= 11 is 0. The fourth-order valence-electron chi connectivity index (χ4n) is 1.04. The van der Waals surface area contributed by atoms with Crippen LogP contribution in [0.25, 0.3) is 0 Å². The van der Waals surface area contributed by atoms with Gasteiger partial charge in [-0.2, -0.15) is 0 Å². The van der Waals surface area contributed by atoms with Crippen LogP contribution in [-0.2, 0) is 4.79 Å². The number of nitrogens with two attached hydrogens (primary N) is 1. The Kier molecular flexibility index (Phi) is 1.98. The standard InChI is InChI=1S/C6H11N3O2/c1-4(10)8-5-2-9(3-5)6(7)11/h5H,2-3H2,1H3,(H2,7,11)(H,8,10). The molecule has 3 N–H and O–H groups in total. The van der Waals surface area contributed by atoms with Gasteiger partial charge in [0.1, 0.15) is 0 Å². The second kappa shape index (κ2) is 2.77. The first-order chi connectivity index (χ1) is 5.09.